The predicted octanol–water partition coefficient (Wildman–Crippen LogP) is 1.95. The van der Waals surface area contributed by atoms with Gasteiger partial charge in [0.05, 0.1) is 24.4 Å². The number of carbonyl (C=O) groups excluding carboxylic acids is 1. The Morgan fingerprint density at radius 2 is 2.24 bits per heavy atom. The van der Waals surface area contributed by atoms with Gasteiger partial charge in [-0.2, -0.15) is 4.98 Å². The van der Waals surface area contributed by atoms with Crippen LogP contribution in [0.4, 0.5) is 4.39 Å². The standard InChI is InChI=1S/C19H18FN5O4/c1-12-23-19(24-29-12)13-8-21-11-22-18(13)16-9-25(6-7-27-16)17(26)10-28-15-5-3-2-4-14(15)20/h2-5,8,11,16H,6-7,9-10H2,1H3. The molecule has 3 aromatic rings. The molecule has 1 aromatic carbocycles. The molecule has 3 heterocycles. The van der Waals surface area contributed by atoms with Crippen molar-refractivity contribution >= 4 is 5.91 Å². The van der Waals surface area contributed by atoms with Gasteiger partial charge in [0.15, 0.2) is 18.2 Å². The highest BCUT2D eigenvalue weighted by Crippen LogP contribution is 2.28. The first-order valence-corrected chi connectivity index (χ1v) is 8.99. The van der Waals surface area contributed by atoms with Crippen molar-refractivity contribution in [3.8, 4) is 17.1 Å². The van der Waals surface area contributed by atoms with Crippen molar-refractivity contribution in [3.63, 3.8) is 0 Å². The van der Waals surface area contributed by atoms with E-state index in [9.17, 15) is 9.18 Å². The highest BCUT2D eigenvalue weighted by Gasteiger charge is 2.29. The van der Waals surface area contributed by atoms with Gasteiger partial charge in [0.25, 0.3) is 5.91 Å². The van der Waals surface area contributed by atoms with E-state index in [0.29, 0.717) is 36.1 Å². The fourth-order valence-corrected chi connectivity index (χ4v) is 3.01. The number of aryl methyl sites for hydroxylation is 1. The van der Waals surface area contributed by atoms with E-state index in [0.717, 1.165) is 0 Å². The zero-order valence-electron chi connectivity index (χ0n) is 15.6. The molecule has 0 spiro atoms. The first-order valence-electron chi connectivity index (χ1n) is 8.99. The van der Waals surface area contributed by atoms with Gasteiger partial charge in [-0.15, -0.1) is 0 Å². The van der Waals surface area contributed by atoms with Crippen molar-refractivity contribution in [2.24, 2.45) is 0 Å². The van der Waals surface area contributed by atoms with Crippen LogP contribution in [-0.4, -0.2) is 57.2 Å². The molecule has 1 saturated heterocycles. The van der Waals surface area contributed by atoms with Crippen LogP contribution in [0.1, 0.15) is 17.7 Å². The average molecular weight is 399 g/mol. The van der Waals surface area contributed by atoms with E-state index in [2.05, 4.69) is 20.1 Å². The van der Waals surface area contributed by atoms with Gasteiger partial charge >= 0.3 is 0 Å². The number of benzene rings is 1. The van der Waals surface area contributed by atoms with E-state index in [1.165, 1.54) is 18.5 Å². The minimum Gasteiger partial charge on any atom is -0.481 e. The summed E-state index contributed by atoms with van der Waals surface area (Å²) >= 11 is 0. The molecule has 1 aliphatic rings. The maximum Gasteiger partial charge on any atom is 0.260 e. The molecule has 29 heavy (non-hydrogen) atoms. The average Bonchev–Trinajstić information content (AvgIpc) is 3.19. The summed E-state index contributed by atoms with van der Waals surface area (Å²) in [7, 11) is 0. The normalized spacial score (nSPS) is 16.6. The molecule has 4 rings (SSSR count). The van der Waals surface area contributed by atoms with Gasteiger partial charge in [-0.3, -0.25) is 4.79 Å². The summed E-state index contributed by atoms with van der Waals surface area (Å²) in [5.74, 6) is 0.0273. The van der Waals surface area contributed by atoms with E-state index in [1.54, 1.807) is 30.2 Å². The molecule has 2 aromatic heterocycles. The van der Waals surface area contributed by atoms with E-state index < -0.39 is 11.9 Å². The van der Waals surface area contributed by atoms with Crippen LogP contribution in [0.5, 0.6) is 5.75 Å². The fourth-order valence-electron chi connectivity index (χ4n) is 3.01. The Kier molecular flexibility index (Phi) is 5.43. The second-order valence-corrected chi connectivity index (χ2v) is 6.38. The van der Waals surface area contributed by atoms with Gasteiger partial charge in [-0.1, -0.05) is 17.3 Å². The van der Waals surface area contributed by atoms with Crippen LogP contribution in [0.25, 0.3) is 11.4 Å². The number of rotatable bonds is 5. The molecule has 9 nitrogen and oxygen atoms in total. The SMILES string of the molecule is Cc1nc(-c2cncnc2C2CN(C(=O)COc3ccccc3F)CCO2)no1. The Morgan fingerprint density at radius 1 is 1.38 bits per heavy atom. The van der Waals surface area contributed by atoms with Crippen LogP contribution in [0.3, 0.4) is 0 Å². The Labute approximate surface area is 165 Å². The fraction of sp³-hybridized carbons (Fsp3) is 0.316. The van der Waals surface area contributed by atoms with Gasteiger partial charge in [-0.25, -0.2) is 14.4 Å². The molecule has 1 unspecified atom stereocenters. The van der Waals surface area contributed by atoms with Crippen molar-refractivity contribution in [1.82, 2.24) is 25.0 Å². The van der Waals surface area contributed by atoms with E-state index >= 15 is 0 Å². The second-order valence-electron chi connectivity index (χ2n) is 6.38. The predicted molar refractivity (Wildman–Crippen MR) is 97.2 cm³/mol. The van der Waals surface area contributed by atoms with Crippen molar-refractivity contribution in [2.45, 2.75) is 13.0 Å². The Balaban J connectivity index is 1.46. The monoisotopic (exact) mass is 399 g/mol. The molecule has 0 bridgehead atoms. The van der Waals surface area contributed by atoms with Crippen LogP contribution >= 0.6 is 0 Å². The zero-order valence-corrected chi connectivity index (χ0v) is 15.6. The van der Waals surface area contributed by atoms with Crippen LogP contribution in [0.15, 0.2) is 41.3 Å². The van der Waals surface area contributed by atoms with Crippen molar-refractivity contribution in [1.29, 1.82) is 0 Å². The molecular formula is C19H18FN5O4. The van der Waals surface area contributed by atoms with Gasteiger partial charge < -0.3 is 18.9 Å². The first kappa shape index (κ1) is 18.9. The minimum atomic E-state index is -0.513. The highest BCUT2D eigenvalue weighted by molar-refractivity contribution is 5.78. The number of morpholine rings is 1. The van der Waals surface area contributed by atoms with Crippen molar-refractivity contribution < 1.29 is 23.2 Å². The molecule has 0 aliphatic carbocycles. The summed E-state index contributed by atoms with van der Waals surface area (Å²) in [6, 6.07) is 5.96. The van der Waals surface area contributed by atoms with E-state index in [1.807, 2.05) is 0 Å². The van der Waals surface area contributed by atoms with Gasteiger partial charge in [0, 0.05) is 19.7 Å². The number of aromatic nitrogens is 4. The van der Waals surface area contributed by atoms with Gasteiger partial charge in [-0.05, 0) is 12.1 Å². The third-order valence-electron chi connectivity index (χ3n) is 4.42. The lowest BCUT2D eigenvalue weighted by Crippen LogP contribution is -2.44. The first-order chi connectivity index (χ1) is 14.1. The quantitative estimate of drug-likeness (QED) is 0.641. The lowest BCUT2D eigenvalue weighted by molar-refractivity contribution is -0.141. The molecule has 1 atom stereocenters. The van der Waals surface area contributed by atoms with Crippen LogP contribution < -0.4 is 4.74 Å². The number of hydrogen-bond donors (Lipinski definition) is 0. The van der Waals surface area contributed by atoms with Crippen molar-refractivity contribution in [2.75, 3.05) is 26.3 Å². The van der Waals surface area contributed by atoms with Gasteiger partial charge in [0.1, 0.15) is 12.4 Å². The summed E-state index contributed by atoms with van der Waals surface area (Å²) in [4.78, 5) is 26.7. The molecule has 1 aliphatic heterocycles. The summed E-state index contributed by atoms with van der Waals surface area (Å²) in [6.45, 7) is 2.41. The molecule has 0 saturated carbocycles. The van der Waals surface area contributed by atoms with Crippen LogP contribution in [-0.2, 0) is 9.53 Å². The zero-order chi connectivity index (χ0) is 20.2. The molecule has 10 heteroatoms. The topological polar surface area (TPSA) is 103 Å². The number of amides is 1. The number of carbonyl (C=O) groups is 1. The number of para-hydroxylation sites is 1. The van der Waals surface area contributed by atoms with Crippen molar-refractivity contribution in [3.05, 3.63) is 54.2 Å². The largest absolute Gasteiger partial charge is 0.481 e. The Bertz CT molecular complexity index is 1010. The Hall–Kier alpha value is -3.40. The van der Waals surface area contributed by atoms with Crippen LogP contribution in [0, 0.1) is 12.7 Å². The number of ether oxygens (including phenoxy) is 2. The molecule has 0 radical (unpaired) electrons. The molecule has 150 valence electrons. The third kappa shape index (κ3) is 4.21. The maximum atomic E-state index is 13.7. The lowest BCUT2D eigenvalue weighted by Gasteiger charge is -2.33. The lowest BCUT2D eigenvalue weighted by atomic mass is 10.1. The molecule has 1 fully saturated rings. The van der Waals surface area contributed by atoms with Crippen LogP contribution in [0.2, 0.25) is 0 Å². The highest BCUT2D eigenvalue weighted by atomic mass is 19.1. The summed E-state index contributed by atoms with van der Waals surface area (Å²) in [5.41, 5.74) is 1.14. The summed E-state index contributed by atoms with van der Waals surface area (Å²) in [5, 5.41) is 3.91. The minimum absolute atomic E-state index is 0.0382. The third-order valence-corrected chi connectivity index (χ3v) is 4.42. The summed E-state index contributed by atoms with van der Waals surface area (Å²) < 4.78 is 29.9. The number of halogens is 1. The molecular weight excluding hydrogens is 381 g/mol. The van der Waals surface area contributed by atoms with E-state index in [4.69, 9.17) is 14.0 Å². The van der Waals surface area contributed by atoms with E-state index in [-0.39, 0.29) is 24.8 Å². The van der Waals surface area contributed by atoms with Gasteiger partial charge in [0.2, 0.25) is 11.7 Å². The Morgan fingerprint density at radius 3 is 3.03 bits per heavy atom. The smallest absolute Gasteiger partial charge is 0.260 e. The number of hydrogen-bond acceptors (Lipinski definition) is 8. The number of nitrogens with zero attached hydrogens (tertiary/aromatic N) is 5. The second kappa shape index (κ2) is 8.31. The summed E-state index contributed by atoms with van der Waals surface area (Å²) in [6.07, 6.45) is 2.49. The molecule has 1 amide bonds. The molecule has 0 N–H and O–H groups in total. The maximum absolute atomic E-state index is 13.7.